The van der Waals surface area contributed by atoms with Crippen molar-refractivity contribution in [2.45, 2.75) is 45.4 Å². The first-order chi connectivity index (χ1) is 11.0. The summed E-state index contributed by atoms with van der Waals surface area (Å²) in [5.74, 6) is 0.885. The molecule has 0 unspecified atom stereocenters. The van der Waals surface area contributed by atoms with Crippen molar-refractivity contribution in [3.8, 4) is 0 Å². The molecule has 5 heteroatoms. The Morgan fingerprint density at radius 2 is 1.78 bits per heavy atom. The van der Waals surface area contributed by atoms with Gasteiger partial charge in [-0.2, -0.15) is 0 Å². The van der Waals surface area contributed by atoms with Gasteiger partial charge in [-0.15, -0.1) is 0 Å². The number of carbonyl (C=O) groups excluding carboxylic acids is 2. The van der Waals surface area contributed by atoms with Crippen LogP contribution >= 0.6 is 0 Å². The van der Waals surface area contributed by atoms with E-state index in [0.717, 1.165) is 64.8 Å². The molecule has 23 heavy (non-hydrogen) atoms. The second-order valence-electron chi connectivity index (χ2n) is 8.24. The number of nitrogens with one attached hydrogen (secondary N) is 1. The van der Waals surface area contributed by atoms with E-state index in [4.69, 9.17) is 0 Å². The third-order valence-electron chi connectivity index (χ3n) is 6.07. The largest absolute Gasteiger partial charge is 0.355 e. The molecule has 1 aliphatic carbocycles. The van der Waals surface area contributed by atoms with E-state index in [1.165, 1.54) is 6.42 Å². The van der Waals surface area contributed by atoms with Crippen molar-refractivity contribution in [3.63, 3.8) is 0 Å². The average Bonchev–Trinajstić information content (AvgIpc) is 2.83. The van der Waals surface area contributed by atoms with Crippen LogP contribution in [0, 0.1) is 17.3 Å². The van der Waals surface area contributed by atoms with Gasteiger partial charge in [-0.25, -0.2) is 0 Å². The molecule has 0 aromatic carbocycles. The molecule has 2 saturated heterocycles. The van der Waals surface area contributed by atoms with E-state index in [1.807, 2.05) is 4.90 Å². The van der Waals surface area contributed by atoms with Gasteiger partial charge in [0.15, 0.2) is 0 Å². The molecule has 0 aromatic rings. The smallest absolute Gasteiger partial charge is 0.225 e. The summed E-state index contributed by atoms with van der Waals surface area (Å²) in [6, 6.07) is 0. The topological polar surface area (TPSA) is 52.7 Å². The van der Waals surface area contributed by atoms with Crippen LogP contribution in [-0.2, 0) is 9.59 Å². The molecule has 0 aromatic heterocycles. The number of rotatable bonds is 4. The summed E-state index contributed by atoms with van der Waals surface area (Å²) in [6.07, 6.45) is 6.11. The molecule has 0 spiro atoms. The molecule has 3 aliphatic rings. The summed E-state index contributed by atoms with van der Waals surface area (Å²) < 4.78 is 0. The van der Waals surface area contributed by atoms with Crippen molar-refractivity contribution in [2.24, 2.45) is 17.3 Å². The summed E-state index contributed by atoms with van der Waals surface area (Å²) >= 11 is 0. The maximum Gasteiger partial charge on any atom is 0.225 e. The zero-order valence-electron chi connectivity index (χ0n) is 14.6. The molecule has 5 nitrogen and oxygen atoms in total. The van der Waals surface area contributed by atoms with Crippen LogP contribution in [0.3, 0.4) is 0 Å². The lowest BCUT2D eigenvalue weighted by atomic mass is 9.83. The van der Waals surface area contributed by atoms with Crippen LogP contribution in [0.1, 0.15) is 45.4 Å². The van der Waals surface area contributed by atoms with Gasteiger partial charge in [-0.3, -0.25) is 9.59 Å². The number of amides is 2. The molecular weight excluding hydrogens is 290 g/mol. The van der Waals surface area contributed by atoms with E-state index in [9.17, 15) is 9.59 Å². The highest BCUT2D eigenvalue weighted by Gasteiger charge is 2.35. The van der Waals surface area contributed by atoms with Crippen LogP contribution in [0.15, 0.2) is 0 Å². The van der Waals surface area contributed by atoms with Crippen molar-refractivity contribution < 1.29 is 9.59 Å². The first-order valence-corrected chi connectivity index (χ1v) is 9.22. The second-order valence-corrected chi connectivity index (χ2v) is 8.24. The molecule has 2 heterocycles. The Kier molecular flexibility index (Phi) is 4.95. The van der Waals surface area contributed by atoms with Crippen LogP contribution in [-0.4, -0.2) is 61.4 Å². The van der Waals surface area contributed by atoms with Gasteiger partial charge in [-0.1, -0.05) is 13.3 Å². The summed E-state index contributed by atoms with van der Waals surface area (Å²) in [7, 11) is 2.14. The van der Waals surface area contributed by atoms with Gasteiger partial charge in [0.2, 0.25) is 11.8 Å². The number of hydrogen-bond acceptors (Lipinski definition) is 3. The molecule has 3 rings (SSSR count). The van der Waals surface area contributed by atoms with Gasteiger partial charge < -0.3 is 15.1 Å². The molecule has 0 radical (unpaired) electrons. The van der Waals surface area contributed by atoms with Gasteiger partial charge in [0.05, 0.1) is 0 Å². The molecule has 3 fully saturated rings. The Bertz CT molecular complexity index is 455. The standard InChI is InChI=1S/C18H31N3O2/c1-18(8-11-20(2)13-18)12-19-16(22)14-6-9-21(10-7-14)17(23)15-4-3-5-15/h14-15H,3-13H2,1-2H3,(H,19,22)/t18-/m1/s1. The molecule has 1 atom stereocenters. The van der Waals surface area contributed by atoms with E-state index in [-0.39, 0.29) is 23.2 Å². The highest BCUT2D eigenvalue weighted by molar-refractivity contribution is 5.81. The Hall–Kier alpha value is -1.10. The fourth-order valence-electron chi connectivity index (χ4n) is 4.14. The first-order valence-electron chi connectivity index (χ1n) is 9.22. The Morgan fingerprint density at radius 1 is 1.09 bits per heavy atom. The maximum atomic E-state index is 12.4. The average molecular weight is 321 g/mol. The van der Waals surface area contributed by atoms with Gasteiger partial charge in [-0.05, 0) is 51.1 Å². The van der Waals surface area contributed by atoms with Gasteiger partial charge in [0.25, 0.3) is 0 Å². The molecule has 2 aliphatic heterocycles. The van der Waals surface area contributed by atoms with E-state index in [0.29, 0.717) is 5.91 Å². The number of piperidine rings is 1. The minimum atomic E-state index is 0.0863. The fourth-order valence-corrected chi connectivity index (χ4v) is 4.14. The SMILES string of the molecule is CN1CC[C@](C)(CNC(=O)C2CCN(C(=O)C3CCC3)CC2)C1. The maximum absolute atomic E-state index is 12.4. The molecule has 1 saturated carbocycles. The van der Waals surface area contributed by atoms with E-state index in [1.54, 1.807) is 0 Å². The van der Waals surface area contributed by atoms with Crippen LogP contribution in [0.25, 0.3) is 0 Å². The minimum absolute atomic E-state index is 0.0863. The summed E-state index contributed by atoms with van der Waals surface area (Å²) in [4.78, 5) is 29.0. The van der Waals surface area contributed by atoms with Crippen LogP contribution in [0.4, 0.5) is 0 Å². The third kappa shape index (κ3) is 3.87. The lowest BCUT2D eigenvalue weighted by Gasteiger charge is -2.36. The van der Waals surface area contributed by atoms with Gasteiger partial charge in [0.1, 0.15) is 0 Å². The summed E-state index contributed by atoms with van der Waals surface area (Å²) in [6.45, 7) is 6.73. The number of likely N-dealkylation sites (tertiary alicyclic amines) is 2. The predicted molar refractivity (Wildman–Crippen MR) is 89.9 cm³/mol. The third-order valence-corrected chi connectivity index (χ3v) is 6.07. The Labute approximate surface area is 139 Å². The van der Waals surface area contributed by atoms with Gasteiger partial charge >= 0.3 is 0 Å². The molecule has 130 valence electrons. The highest BCUT2D eigenvalue weighted by Crippen LogP contribution is 2.30. The monoisotopic (exact) mass is 321 g/mol. The second kappa shape index (κ2) is 6.80. The normalized spacial score (nSPS) is 30.3. The summed E-state index contributed by atoms with van der Waals surface area (Å²) in [5.41, 5.74) is 0.214. The molecule has 2 amide bonds. The lowest BCUT2D eigenvalue weighted by Crippen LogP contribution is -2.47. The Balaban J connectivity index is 1.40. The van der Waals surface area contributed by atoms with Crippen molar-refractivity contribution in [1.29, 1.82) is 0 Å². The molecular formula is C18H31N3O2. The zero-order chi connectivity index (χ0) is 16.4. The highest BCUT2D eigenvalue weighted by atomic mass is 16.2. The van der Waals surface area contributed by atoms with E-state index < -0.39 is 0 Å². The quantitative estimate of drug-likeness (QED) is 0.853. The number of hydrogen-bond donors (Lipinski definition) is 1. The Morgan fingerprint density at radius 3 is 2.30 bits per heavy atom. The number of nitrogens with zero attached hydrogens (tertiary/aromatic N) is 2. The lowest BCUT2D eigenvalue weighted by molar-refractivity contribution is -0.141. The number of carbonyl (C=O) groups is 2. The summed E-state index contributed by atoms with van der Waals surface area (Å²) in [5, 5.41) is 3.18. The fraction of sp³-hybridized carbons (Fsp3) is 0.889. The van der Waals surface area contributed by atoms with E-state index in [2.05, 4.69) is 24.2 Å². The van der Waals surface area contributed by atoms with Crippen molar-refractivity contribution >= 4 is 11.8 Å². The molecule has 0 bridgehead atoms. The molecule has 1 N–H and O–H groups in total. The first kappa shape index (κ1) is 16.7. The van der Waals surface area contributed by atoms with Crippen LogP contribution in [0.5, 0.6) is 0 Å². The van der Waals surface area contributed by atoms with Gasteiger partial charge in [0, 0.05) is 38.0 Å². The van der Waals surface area contributed by atoms with Crippen molar-refractivity contribution in [2.75, 3.05) is 39.8 Å². The predicted octanol–water partition coefficient (Wildman–Crippen LogP) is 1.48. The van der Waals surface area contributed by atoms with Crippen molar-refractivity contribution in [3.05, 3.63) is 0 Å². The van der Waals surface area contributed by atoms with Crippen LogP contribution < -0.4 is 5.32 Å². The van der Waals surface area contributed by atoms with Crippen LogP contribution in [0.2, 0.25) is 0 Å². The van der Waals surface area contributed by atoms with E-state index >= 15 is 0 Å². The van der Waals surface area contributed by atoms with Crippen molar-refractivity contribution in [1.82, 2.24) is 15.1 Å². The minimum Gasteiger partial charge on any atom is -0.355 e. The zero-order valence-corrected chi connectivity index (χ0v) is 14.6.